The molecule has 0 unspecified atom stereocenters. The molecule has 0 saturated heterocycles. The van der Waals surface area contributed by atoms with Crippen LogP contribution in [0.5, 0.6) is 0 Å². The highest BCUT2D eigenvalue weighted by Crippen LogP contribution is 2.31. The molecule has 3 rings (SSSR count). The van der Waals surface area contributed by atoms with Crippen LogP contribution >= 0.6 is 39.0 Å². The maximum atomic E-state index is 9.72. The molecule has 2 heterocycles. The Hall–Kier alpha value is -1.42. The summed E-state index contributed by atoms with van der Waals surface area (Å²) in [5, 5.41) is 14.2. The van der Waals surface area contributed by atoms with Crippen LogP contribution < -0.4 is 11.1 Å². The second-order valence-electron chi connectivity index (χ2n) is 6.90. The molecule has 0 radical (unpaired) electrons. The summed E-state index contributed by atoms with van der Waals surface area (Å²) in [4.78, 5) is 13.6. The average molecular weight is 482 g/mol. The van der Waals surface area contributed by atoms with Gasteiger partial charge < -0.3 is 16.2 Å². The number of aliphatic hydroxyl groups excluding tert-OH is 1. The van der Waals surface area contributed by atoms with Gasteiger partial charge in [-0.2, -0.15) is 0 Å². The molecule has 3 aromatic rings. The summed E-state index contributed by atoms with van der Waals surface area (Å²) in [7, 11) is 0. The van der Waals surface area contributed by atoms with Gasteiger partial charge in [0.15, 0.2) is 21.8 Å². The normalized spacial score (nSPS) is 12.6. The maximum Gasteiger partial charge on any atom is 0.191 e. The number of halogens is 1. The summed E-state index contributed by atoms with van der Waals surface area (Å²) in [5.74, 6) is 2.01. The van der Waals surface area contributed by atoms with Crippen LogP contribution in [-0.2, 0) is 6.42 Å². The van der Waals surface area contributed by atoms with Crippen molar-refractivity contribution in [1.29, 1.82) is 0 Å². The minimum atomic E-state index is -0.0699. The lowest BCUT2D eigenvalue weighted by Crippen LogP contribution is -2.26. The van der Waals surface area contributed by atoms with Crippen molar-refractivity contribution in [3.63, 3.8) is 0 Å². The number of rotatable bonds is 9. The molecule has 0 bridgehead atoms. The Labute approximate surface area is 181 Å². The van der Waals surface area contributed by atoms with Gasteiger partial charge in [0.05, 0.1) is 12.6 Å². The molecule has 28 heavy (non-hydrogen) atoms. The Balaban J connectivity index is 1.78. The SMILES string of the molecule is CC(C)C[C@H](CO)Nc1nc(SCCc2ccccc2Br)nc2nc(N)sc12. The lowest BCUT2D eigenvalue weighted by atomic mass is 10.0. The third kappa shape index (κ3) is 5.56. The van der Waals surface area contributed by atoms with E-state index < -0.39 is 0 Å². The Morgan fingerprint density at radius 1 is 1.25 bits per heavy atom. The fourth-order valence-corrected chi connectivity index (χ4v) is 4.90. The maximum absolute atomic E-state index is 9.72. The summed E-state index contributed by atoms with van der Waals surface area (Å²) in [6.07, 6.45) is 1.75. The Kier molecular flexibility index (Phi) is 7.50. The van der Waals surface area contributed by atoms with Crippen LogP contribution in [0.4, 0.5) is 10.9 Å². The molecule has 6 nitrogen and oxygen atoms in total. The standard InChI is InChI=1S/C19H24BrN5OS2/c1-11(2)9-13(10-26)22-16-15-17(23-18(21)28-15)25-19(24-16)27-8-7-12-5-3-4-6-14(12)20/h3-6,11,13,26H,7-10H2,1-2H3,(H3,21,22,23,24,25)/t13-/m1/s1. The first-order valence-corrected chi connectivity index (χ1v) is 11.7. The minimum absolute atomic E-state index is 0.0441. The van der Waals surface area contributed by atoms with Crippen molar-refractivity contribution in [2.45, 2.75) is 37.9 Å². The summed E-state index contributed by atoms with van der Waals surface area (Å²) in [6, 6.07) is 8.14. The van der Waals surface area contributed by atoms with E-state index in [2.05, 4.69) is 51.1 Å². The molecule has 0 fully saturated rings. The minimum Gasteiger partial charge on any atom is -0.394 e. The fraction of sp³-hybridized carbons (Fsp3) is 0.421. The lowest BCUT2D eigenvalue weighted by molar-refractivity contribution is 0.259. The number of nitrogens with one attached hydrogen (secondary N) is 1. The molecule has 4 N–H and O–H groups in total. The van der Waals surface area contributed by atoms with Crippen LogP contribution in [0.2, 0.25) is 0 Å². The third-order valence-corrected chi connectivity index (χ3v) is 6.63. The largest absolute Gasteiger partial charge is 0.394 e. The molecule has 0 aliphatic carbocycles. The van der Waals surface area contributed by atoms with Gasteiger partial charge in [0.1, 0.15) is 4.70 Å². The Bertz CT molecular complexity index is 934. The Morgan fingerprint density at radius 3 is 2.75 bits per heavy atom. The molecular formula is C19H24BrN5OS2. The molecular weight excluding hydrogens is 458 g/mol. The quantitative estimate of drug-likeness (QED) is 0.303. The number of benzene rings is 1. The van der Waals surface area contributed by atoms with Gasteiger partial charge in [-0.3, -0.25) is 0 Å². The van der Waals surface area contributed by atoms with Gasteiger partial charge in [-0.15, -0.1) is 0 Å². The van der Waals surface area contributed by atoms with E-state index in [9.17, 15) is 5.11 Å². The van der Waals surface area contributed by atoms with Crippen molar-refractivity contribution >= 4 is 60.3 Å². The van der Waals surface area contributed by atoms with Gasteiger partial charge in [-0.1, -0.05) is 71.1 Å². The highest BCUT2D eigenvalue weighted by atomic mass is 79.9. The fourth-order valence-electron chi connectivity index (χ4n) is 2.88. The van der Waals surface area contributed by atoms with Gasteiger partial charge in [0, 0.05) is 10.2 Å². The predicted molar refractivity (Wildman–Crippen MR) is 122 cm³/mol. The highest BCUT2D eigenvalue weighted by Gasteiger charge is 2.17. The van der Waals surface area contributed by atoms with Gasteiger partial charge in [0.2, 0.25) is 0 Å². The van der Waals surface area contributed by atoms with Gasteiger partial charge in [0.25, 0.3) is 0 Å². The molecule has 2 aromatic heterocycles. The first-order valence-electron chi connectivity index (χ1n) is 9.14. The number of nitrogens with zero attached hydrogens (tertiary/aromatic N) is 3. The Morgan fingerprint density at radius 2 is 2.04 bits per heavy atom. The van der Waals surface area contributed by atoms with E-state index in [1.807, 2.05) is 18.2 Å². The second-order valence-corrected chi connectivity index (χ2v) is 9.85. The number of aliphatic hydroxyl groups is 1. The monoisotopic (exact) mass is 481 g/mol. The van der Waals surface area contributed by atoms with Gasteiger partial charge >= 0.3 is 0 Å². The first kappa shape index (κ1) is 21.3. The van der Waals surface area contributed by atoms with Crippen LogP contribution in [0.15, 0.2) is 33.9 Å². The molecule has 1 atom stereocenters. The zero-order valence-corrected chi connectivity index (χ0v) is 19.1. The van der Waals surface area contributed by atoms with E-state index in [4.69, 9.17) is 10.7 Å². The molecule has 1 aromatic carbocycles. The number of nitrogen functional groups attached to an aromatic ring is 1. The van der Waals surface area contributed by atoms with E-state index >= 15 is 0 Å². The van der Waals surface area contributed by atoms with Crippen molar-refractivity contribution in [2.75, 3.05) is 23.4 Å². The molecule has 0 amide bonds. The first-order chi connectivity index (χ1) is 13.5. The molecule has 9 heteroatoms. The van der Waals surface area contributed by atoms with E-state index in [0.717, 1.165) is 27.8 Å². The number of hydrogen-bond donors (Lipinski definition) is 3. The van der Waals surface area contributed by atoms with Crippen molar-refractivity contribution in [2.24, 2.45) is 5.92 Å². The summed E-state index contributed by atoms with van der Waals surface area (Å²) >= 11 is 6.54. The number of fused-ring (bicyclic) bond motifs is 1. The molecule has 0 aliphatic heterocycles. The molecule has 0 aliphatic rings. The van der Waals surface area contributed by atoms with Crippen LogP contribution in [0.1, 0.15) is 25.8 Å². The predicted octanol–water partition coefficient (Wildman–Crippen LogP) is 4.58. The topological polar surface area (TPSA) is 97.0 Å². The average Bonchev–Trinajstić information content (AvgIpc) is 3.03. The molecule has 0 saturated carbocycles. The summed E-state index contributed by atoms with van der Waals surface area (Å²) in [5.41, 5.74) is 7.75. The number of anilines is 2. The number of thioether (sulfide) groups is 1. The van der Waals surface area contributed by atoms with E-state index in [1.165, 1.54) is 16.9 Å². The van der Waals surface area contributed by atoms with Crippen molar-refractivity contribution in [1.82, 2.24) is 15.0 Å². The lowest BCUT2D eigenvalue weighted by Gasteiger charge is -2.19. The second kappa shape index (κ2) is 9.87. The van der Waals surface area contributed by atoms with Crippen LogP contribution in [0.3, 0.4) is 0 Å². The molecule has 0 spiro atoms. The zero-order chi connectivity index (χ0) is 20.1. The van der Waals surface area contributed by atoms with E-state index in [0.29, 0.717) is 27.7 Å². The molecule has 150 valence electrons. The van der Waals surface area contributed by atoms with Crippen molar-refractivity contribution < 1.29 is 5.11 Å². The van der Waals surface area contributed by atoms with Crippen molar-refractivity contribution in [3.8, 4) is 0 Å². The third-order valence-electron chi connectivity index (χ3n) is 4.13. The summed E-state index contributed by atoms with van der Waals surface area (Å²) < 4.78 is 1.94. The number of thiazole rings is 1. The highest BCUT2D eigenvalue weighted by molar-refractivity contribution is 9.10. The van der Waals surface area contributed by atoms with Gasteiger partial charge in [-0.05, 0) is 30.4 Å². The number of aromatic nitrogens is 3. The number of aryl methyl sites for hydroxylation is 1. The van der Waals surface area contributed by atoms with Crippen LogP contribution in [0.25, 0.3) is 10.3 Å². The zero-order valence-electron chi connectivity index (χ0n) is 15.9. The van der Waals surface area contributed by atoms with Crippen molar-refractivity contribution in [3.05, 3.63) is 34.3 Å². The smallest absolute Gasteiger partial charge is 0.191 e. The van der Waals surface area contributed by atoms with Crippen LogP contribution in [0, 0.1) is 5.92 Å². The van der Waals surface area contributed by atoms with E-state index in [-0.39, 0.29) is 12.6 Å². The van der Waals surface area contributed by atoms with Crippen LogP contribution in [-0.4, -0.2) is 38.5 Å². The summed E-state index contributed by atoms with van der Waals surface area (Å²) in [6.45, 7) is 4.31. The van der Waals surface area contributed by atoms with Gasteiger partial charge in [-0.25, -0.2) is 15.0 Å². The number of nitrogens with two attached hydrogens (primary N) is 1. The number of hydrogen-bond acceptors (Lipinski definition) is 8. The van der Waals surface area contributed by atoms with E-state index in [1.54, 1.807) is 11.8 Å².